The molecule has 0 amide bonds. The monoisotopic (exact) mass is 300 g/mol. The molecule has 0 unspecified atom stereocenters. The molecule has 116 valence electrons. The zero-order chi connectivity index (χ0) is 15.2. The van der Waals surface area contributed by atoms with Gasteiger partial charge in [0.1, 0.15) is 18.7 Å². The Balaban J connectivity index is 1.62. The first-order valence-corrected chi connectivity index (χ1v) is 7.38. The Hall–Kier alpha value is -2.05. The molecule has 2 aromatic heterocycles. The van der Waals surface area contributed by atoms with Crippen LogP contribution in [0, 0.1) is 0 Å². The maximum Gasteiger partial charge on any atom is 0.137 e. The topological polar surface area (TPSA) is 60.4 Å². The predicted molar refractivity (Wildman–Crippen MR) is 81.4 cm³/mol. The van der Waals surface area contributed by atoms with E-state index >= 15 is 0 Å². The van der Waals surface area contributed by atoms with Crippen molar-refractivity contribution in [3.8, 4) is 5.75 Å². The van der Waals surface area contributed by atoms with Crippen LogP contribution in [0.4, 0.5) is 0 Å². The van der Waals surface area contributed by atoms with Crippen LogP contribution in [0.5, 0.6) is 5.75 Å². The van der Waals surface area contributed by atoms with Crippen molar-refractivity contribution in [2.75, 3.05) is 20.3 Å². The highest BCUT2D eigenvalue weighted by atomic mass is 16.5. The van der Waals surface area contributed by atoms with Crippen molar-refractivity contribution >= 4 is 0 Å². The lowest BCUT2D eigenvalue weighted by molar-refractivity contribution is 0.107. The van der Waals surface area contributed by atoms with Crippen LogP contribution < -0.4 is 4.74 Å². The Bertz CT molecular complexity index is 567. The second-order valence-corrected chi connectivity index (χ2v) is 5.42. The summed E-state index contributed by atoms with van der Waals surface area (Å²) in [7, 11) is 1.76. The van der Waals surface area contributed by atoms with E-state index in [1.165, 1.54) is 0 Å². The first kappa shape index (κ1) is 14.9. The smallest absolute Gasteiger partial charge is 0.137 e. The van der Waals surface area contributed by atoms with Gasteiger partial charge >= 0.3 is 0 Å². The Morgan fingerprint density at radius 1 is 1.23 bits per heavy atom. The van der Waals surface area contributed by atoms with E-state index in [2.05, 4.69) is 19.9 Å². The fraction of sp³-hybridized carbons (Fsp3) is 0.438. The minimum atomic E-state index is 0.243. The quantitative estimate of drug-likeness (QED) is 0.806. The van der Waals surface area contributed by atoms with E-state index in [9.17, 15) is 0 Å². The number of ether oxygens (including phenoxy) is 2. The molecule has 1 aliphatic heterocycles. The summed E-state index contributed by atoms with van der Waals surface area (Å²) >= 11 is 0. The lowest BCUT2D eigenvalue weighted by Crippen LogP contribution is -2.34. The summed E-state index contributed by atoms with van der Waals surface area (Å²) < 4.78 is 11.4. The molecule has 0 N–H and O–H groups in total. The molecule has 0 radical (unpaired) electrons. The van der Waals surface area contributed by atoms with Crippen LogP contribution in [0.15, 0.2) is 43.2 Å². The SMILES string of the molecule is CO[C@@H]1C[C@@H](COc2cccnc2)N(Cc2cncnc2)C1. The van der Waals surface area contributed by atoms with Gasteiger partial charge in [-0.25, -0.2) is 9.97 Å². The highest BCUT2D eigenvalue weighted by Crippen LogP contribution is 2.23. The van der Waals surface area contributed by atoms with Gasteiger partial charge in [-0.05, 0) is 18.6 Å². The normalized spacial score (nSPS) is 21.9. The van der Waals surface area contributed by atoms with E-state index in [-0.39, 0.29) is 6.10 Å². The van der Waals surface area contributed by atoms with Crippen molar-refractivity contribution in [2.45, 2.75) is 25.1 Å². The van der Waals surface area contributed by atoms with Gasteiger partial charge in [-0.3, -0.25) is 9.88 Å². The van der Waals surface area contributed by atoms with E-state index in [1.54, 1.807) is 25.8 Å². The summed E-state index contributed by atoms with van der Waals surface area (Å²) in [4.78, 5) is 14.6. The maximum absolute atomic E-state index is 5.86. The van der Waals surface area contributed by atoms with Crippen LogP contribution in [-0.2, 0) is 11.3 Å². The Labute approximate surface area is 130 Å². The van der Waals surface area contributed by atoms with Gasteiger partial charge in [-0.2, -0.15) is 0 Å². The van der Waals surface area contributed by atoms with Gasteiger partial charge in [0.2, 0.25) is 0 Å². The van der Waals surface area contributed by atoms with Crippen molar-refractivity contribution < 1.29 is 9.47 Å². The molecule has 0 bridgehead atoms. The zero-order valence-electron chi connectivity index (χ0n) is 12.6. The lowest BCUT2D eigenvalue weighted by atomic mass is 10.2. The van der Waals surface area contributed by atoms with E-state index < -0.39 is 0 Å². The number of hydrogen-bond acceptors (Lipinski definition) is 6. The van der Waals surface area contributed by atoms with Crippen molar-refractivity contribution in [3.63, 3.8) is 0 Å². The highest BCUT2D eigenvalue weighted by Gasteiger charge is 2.32. The van der Waals surface area contributed by atoms with Crippen molar-refractivity contribution in [1.82, 2.24) is 19.9 Å². The summed E-state index contributed by atoms with van der Waals surface area (Å²) in [5.41, 5.74) is 1.10. The number of nitrogens with zero attached hydrogens (tertiary/aromatic N) is 4. The molecule has 22 heavy (non-hydrogen) atoms. The molecule has 1 aliphatic rings. The second kappa shape index (κ2) is 7.29. The third-order valence-electron chi connectivity index (χ3n) is 3.90. The number of aromatic nitrogens is 3. The summed E-state index contributed by atoms with van der Waals surface area (Å²) in [5, 5.41) is 0. The molecular formula is C16H20N4O2. The van der Waals surface area contributed by atoms with Gasteiger partial charge in [0.05, 0.1) is 12.3 Å². The molecule has 6 nitrogen and oxygen atoms in total. The highest BCUT2D eigenvalue weighted by molar-refractivity contribution is 5.15. The number of hydrogen-bond donors (Lipinski definition) is 0. The molecule has 0 saturated carbocycles. The van der Waals surface area contributed by atoms with Gasteiger partial charge in [0.15, 0.2) is 0 Å². The van der Waals surface area contributed by atoms with Crippen LogP contribution in [-0.4, -0.2) is 52.3 Å². The average molecular weight is 300 g/mol. The minimum Gasteiger partial charge on any atom is -0.490 e. The number of likely N-dealkylation sites (tertiary alicyclic amines) is 1. The second-order valence-electron chi connectivity index (χ2n) is 5.42. The fourth-order valence-electron chi connectivity index (χ4n) is 2.75. The Kier molecular flexibility index (Phi) is 4.92. The van der Waals surface area contributed by atoms with Crippen molar-refractivity contribution in [2.24, 2.45) is 0 Å². The largest absolute Gasteiger partial charge is 0.490 e. The minimum absolute atomic E-state index is 0.243. The van der Waals surface area contributed by atoms with Crippen LogP contribution >= 0.6 is 0 Å². The maximum atomic E-state index is 5.86. The van der Waals surface area contributed by atoms with Gasteiger partial charge in [0.25, 0.3) is 0 Å². The van der Waals surface area contributed by atoms with Crippen molar-refractivity contribution in [3.05, 3.63) is 48.8 Å². The lowest BCUT2D eigenvalue weighted by Gasteiger charge is -2.23. The number of methoxy groups -OCH3 is 1. The molecule has 0 spiro atoms. The van der Waals surface area contributed by atoms with Gasteiger partial charge in [0, 0.05) is 50.4 Å². The van der Waals surface area contributed by atoms with Crippen LogP contribution in [0.3, 0.4) is 0 Å². The fourth-order valence-corrected chi connectivity index (χ4v) is 2.75. The van der Waals surface area contributed by atoms with Crippen LogP contribution in [0.2, 0.25) is 0 Å². The number of pyridine rings is 1. The first-order chi connectivity index (χ1) is 10.8. The molecule has 2 atom stereocenters. The number of rotatable bonds is 6. The molecule has 3 rings (SSSR count). The summed E-state index contributed by atoms with van der Waals surface area (Å²) in [6.07, 6.45) is 9.94. The standard InChI is InChI=1S/C16H20N4O2/c1-21-16-5-14(11-22-15-3-2-4-17-8-15)20(10-16)9-13-6-18-12-19-7-13/h2-4,6-8,12,14,16H,5,9-11H2,1H3/t14-,16+/m0/s1. The van der Waals surface area contributed by atoms with E-state index in [1.807, 2.05) is 24.5 Å². The van der Waals surface area contributed by atoms with Crippen LogP contribution in [0.25, 0.3) is 0 Å². The van der Waals surface area contributed by atoms with E-state index in [0.29, 0.717) is 12.6 Å². The molecule has 1 saturated heterocycles. The summed E-state index contributed by atoms with van der Waals surface area (Å²) in [5.74, 6) is 0.798. The Morgan fingerprint density at radius 3 is 2.82 bits per heavy atom. The Morgan fingerprint density at radius 2 is 2.09 bits per heavy atom. The van der Waals surface area contributed by atoms with Gasteiger partial charge < -0.3 is 9.47 Å². The average Bonchev–Trinajstić information content (AvgIpc) is 2.97. The van der Waals surface area contributed by atoms with E-state index in [0.717, 1.165) is 30.8 Å². The van der Waals surface area contributed by atoms with Crippen LogP contribution in [0.1, 0.15) is 12.0 Å². The molecule has 3 heterocycles. The summed E-state index contributed by atoms with van der Waals surface area (Å²) in [6, 6.07) is 4.11. The third kappa shape index (κ3) is 3.78. The molecule has 0 aliphatic carbocycles. The van der Waals surface area contributed by atoms with Gasteiger partial charge in [-0.1, -0.05) is 0 Å². The first-order valence-electron chi connectivity index (χ1n) is 7.38. The van der Waals surface area contributed by atoms with Crippen molar-refractivity contribution in [1.29, 1.82) is 0 Å². The molecule has 0 aromatic carbocycles. The predicted octanol–water partition coefficient (Wildman–Crippen LogP) is 1.54. The molecule has 2 aromatic rings. The molecular weight excluding hydrogens is 280 g/mol. The van der Waals surface area contributed by atoms with Gasteiger partial charge in [-0.15, -0.1) is 0 Å². The summed E-state index contributed by atoms with van der Waals surface area (Å²) in [6.45, 7) is 2.33. The molecule has 6 heteroatoms. The third-order valence-corrected chi connectivity index (χ3v) is 3.90. The molecule has 1 fully saturated rings. The van der Waals surface area contributed by atoms with E-state index in [4.69, 9.17) is 9.47 Å². The zero-order valence-corrected chi connectivity index (χ0v) is 12.6.